The molecule has 0 radical (unpaired) electrons. The number of methoxy groups -OCH3 is 2. The zero-order valence-corrected chi connectivity index (χ0v) is 15.2. The molecule has 1 fully saturated rings. The van der Waals surface area contributed by atoms with Crippen LogP contribution in [0.15, 0.2) is 47.5 Å². The fourth-order valence-electron chi connectivity index (χ4n) is 3.13. The Bertz CT molecular complexity index is 856. The lowest BCUT2D eigenvalue weighted by Gasteiger charge is -2.17. The number of allylic oxidation sites excluding steroid dienone is 2. The van der Waals surface area contributed by atoms with Gasteiger partial charge in [-0.3, -0.25) is 4.79 Å². The van der Waals surface area contributed by atoms with E-state index in [0.29, 0.717) is 35.1 Å². The second kappa shape index (κ2) is 8.16. The summed E-state index contributed by atoms with van der Waals surface area (Å²) in [5.74, 6) is -0.712. The molecule has 140 valence electrons. The van der Waals surface area contributed by atoms with Gasteiger partial charge in [0.05, 0.1) is 14.2 Å². The lowest BCUT2D eigenvalue weighted by molar-refractivity contribution is -0.112. The van der Waals surface area contributed by atoms with Gasteiger partial charge in [0, 0.05) is 11.1 Å². The molecule has 0 atom stereocenters. The number of halogens is 2. The van der Waals surface area contributed by atoms with E-state index in [-0.39, 0.29) is 17.3 Å². The molecule has 1 aliphatic rings. The third kappa shape index (κ3) is 4.25. The lowest BCUT2D eigenvalue weighted by atomic mass is 9.87. The fourth-order valence-corrected chi connectivity index (χ4v) is 3.13. The van der Waals surface area contributed by atoms with Crippen molar-refractivity contribution in [2.45, 2.75) is 19.3 Å². The molecule has 3 rings (SSSR count). The van der Waals surface area contributed by atoms with Gasteiger partial charge in [0.25, 0.3) is 0 Å². The maximum atomic E-state index is 13.9. The van der Waals surface area contributed by atoms with E-state index in [4.69, 9.17) is 9.47 Å². The summed E-state index contributed by atoms with van der Waals surface area (Å²) in [5.41, 5.74) is 2.44. The van der Waals surface area contributed by atoms with Crippen LogP contribution >= 0.6 is 0 Å². The van der Waals surface area contributed by atoms with Gasteiger partial charge in [-0.1, -0.05) is 12.1 Å². The number of ether oxygens (including phenoxy) is 2. The third-order valence-corrected chi connectivity index (χ3v) is 4.51. The molecule has 27 heavy (non-hydrogen) atoms. The number of rotatable bonds is 4. The molecule has 2 aromatic rings. The Hall–Kier alpha value is -2.95. The van der Waals surface area contributed by atoms with Crippen LogP contribution < -0.4 is 9.47 Å². The van der Waals surface area contributed by atoms with Gasteiger partial charge >= 0.3 is 0 Å². The van der Waals surface area contributed by atoms with Crippen LogP contribution in [0.3, 0.4) is 0 Å². The molecule has 1 aliphatic carbocycles. The summed E-state index contributed by atoms with van der Waals surface area (Å²) >= 11 is 0. The van der Waals surface area contributed by atoms with Crippen LogP contribution in [0.5, 0.6) is 11.5 Å². The van der Waals surface area contributed by atoms with E-state index in [2.05, 4.69) is 0 Å². The molecule has 0 unspecified atom stereocenters. The predicted molar refractivity (Wildman–Crippen MR) is 101 cm³/mol. The van der Waals surface area contributed by atoms with Crippen molar-refractivity contribution in [3.05, 3.63) is 70.3 Å². The molecule has 2 aromatic carbocycles. The molecule has 0 N–H and O–H groups in total. The molecule has 1 saturated carbocycles. The van der Waals surface area contributed by atoms with E-state index in [1.54, 1.807) is 24.3 Å². The normalized spacial score (nSPS) is 17.4. The van der Waals surface area contributed by atoms with Crippen molar-refractivity contribution < 1.29 is 23.0 Å². The van der Waals surface area contributed by atoms with Gasteiger partial charge in [0.1, 0.15) is 0 Å². The highest BCUT2D eigenvalue weighted by atomic mass is 19.1. The Morgan fingerprint density at radius 1 is 0.815 bits per heavy atom. The average Bonchev–Trinajstić information content (AvgIpc) is 2.65. The first kappa shape index (κ1) is 18.8. The number of ketones is 1. The SMILES string of the molecule is COc1ccc(/C=C2\CCC/C(=C\c3ccc(OC)c(F)c3)C2=O)cc1F. The van der Waals surface area contributed by atoms with Crippen LogP contribution in [0.1, 0.15) is 30.4 Å². The summed E-state index contributed by atoms with van der Waals surface area (Å²) in [5, 5.41) is 0. The molecule has 0 saturated heterocycles. The van der Waals surface area contributed by atoms with Crippen LogP contribution in [0, 0.1) is 11.6 Å². The number of Topliss-reactive ketones (excluding diaryl/α,β-unsaturated/α-hetero) is 1. The summed E-state index contributed by atoms with van der Waals surface area (Å²) in [6.07, 6.45) is 5.46. The highest BCUT2D eigenvalue weighted by molar-refractivity contribution is 6.13. The van der Waals surface area contributed by atoms with Gasteiger partial charge in [-0.2, -0.15) is 0 Å². The molecule has 0 aromatic heterocycles. The third-order valence-electron chi connectivity index (χ3n) is 4.51. The summed E-state index contributed by atoms with van der Waals surface area (Å²) < 4.78 is 37.6. The largest absolute Gasteiger partial charge is 0.494 e. The average molecular weight is 370 g/mol. The van der Waals surface area contributed by atoms with Crippen LogP contribution in [-0.4, -0.2) is 20.0 Å². The van der Waals surface area contributed by atoms with E-state index in [1.807, 2.05) is 0 Å². The quantitative estimate of drug-likeness (QED) is 0.694. The van der Waals surface area contributed by atoms with Gasteiger partial charge in [-0.15, -0.1) is 0 Å². The van der Waals surface area contributed by atoms with Crippen molar-refractivity contribution in [3.8, 4) is 11.5 Å². The minimum absolute atomic E-state index is 0.0892. The zero-order valence-electron chi connectivity index (χ0n) is 15.2. The molecule has 0 aliphatic heterocycles. The van der Waals surface area contributed by atoms with Crippen molar-refractivity contribution >= 4 is 17.9 Å². The van der Waals surface area contributed by atoms with Gasteiger partial charge < -0.3 is 9.47 Å². The standard InChI is InChI=1S/C22H20F2O3/c1-26-20-8-6-14(12-18(20)23)10-16-4-3-5-17(22(16)25)11-15-7-9-21(27-2)19(24)13-15/h6-13H,3-5H2,1-2H3/b16-10+,17-11+. The minimum atomic E-state index is -0.473. The van der Waals surface area contributed by atoms with Crippen molar-refractivity contribution in [1.29, 1.82) is 0 Å². The van der Waals surface area contributed by atoms with Crippen molar-refractivity contribution in [2.75, 3.05) is 14.2 Å². The molecule has 3 nitrogen and oxygen atoms in total. The maximum Gasteiger partial charge on any atom is 0.185 e. The topological polar surface area (TPSA) is 35.5 Å². The van der Waals surface area contributed by atoms with Gasteiger partial charge in [0.2, 0.25) is 0 Å². The Balaban J connectivity index is 1.87. The molecule has 5 heteroatoms. The Kier molecular flexibility index (Phi) is 5.69. The number of benzene rings is 2. The predicted octanol–water partition coefficient (Wildman–Crippen LogP) is 5.20. The Morgan fingerprint density at radius 2 is 1.26 bits per heavy atom. The van der Waals surface area contributed by atoms with Gasteiger partial charge in [-0.25, -0.2) is 8.78 Å². The zero-order chi connectivity index (χ0) is 19.4. The second-order valence-electron chi connectivity index (χ2n) is 6.31. The van der Waals surface area contributed by atoms with Crippen LogP contribution in [0.25, 0.3) is 12.2 Å². The van der Waals surface area contributed by atoms with E-state index in [9.17, 15) is 13.6 Å². The van der Waals surface area contributed by atoms with Crippen LogP contribution in [0.4, 0.5) is 8.78 Å². The maximum absolute atomic E-state index is 13.9. The first-order chi connectivity index (χ1) is 13.0. The summed E-state index contributed by atoms with van der Waals surface area (Å²) in [4.78, 5) is 12.8. The second-order valence-corrected chi connectivity index (χ2v) is 6.31. The number of hydrogen-bond donors (Lipinski definition) is 0. The van der Waals surface area contributed by atoms with Crippen LogP contribution in [-0.2, 0) is 4.79 Å². The molecule has 0 heterocycles. The molecular weight excluding hydrogens is 350 g/mol. The Labute approximate surface area is 156 Å². The molecule has 0 amide bonds. The number of carbonyl (C=O) groups excluding carboxylic acids is 1. The van der Waals surface area contributed by atoms with Crippen molar-refractivity contribution in [3.63, 3.8) is 0 Å². The smallest absolute Gasteiger partial charge is 0.185 e. The first-order valence-electron chi connectivity index (χ1n) is 8.64. The van der Waals surface area contributed by atoms with Crippen LogP contribution in [0.2, 0.25) is 0 Å². The summed E-state index contributed by atoms with van der Waals surface area (Å²) in [7, 11) is 2.81. The molecular formula is C22H20F2O3. The van der Waals surface area contributed by atoms with Gasteiger partial charge in [0.15, 0.2) is 28.9 Å². The van der Waals surface area contributed by atoms with E-state index in [1.165, 1.54) is 38.5 Å². The highest BCUT2D eigenvalue weighted by Crippen LogP contribution is 2.29. The minimum Gasteiger partial charge on any atom is -0.494 e. The lowest BCUT2D eigenvalue weighted by Crippen LogP contribution is -2.12. The molecule has 0 spiro atoms. The first-order valence-corrected chi connectivity index (χ1v) is 8.64. The highest BCUT2D eigenvalue weighted by Gasteiger charge is 2.21. The fraction of sp³-hybridized carbons (Fsp3) is 0.227. The summed E-state index contributed by atoms with van der Waals surface area (Å²) in [6, 6.07) is 9.17. The monoisotopic (exact) mass is 370 g/mol. The van der Waals surface area contributed by atoms with E-state index in [0.717, 1.165) is 6.42 Å². The van der Waals surface area contributed by atoms with E-state index >= 15 is 0 Å². The van der Waals surface area contributed by atoms with Gasteiger partial charge in [-0.05, 0) is 66.8 Å². The summed E-state index contributed by atoms with van der Waals surface area (Å²) in [6.45, 7) is 0. The van der Waals surface area contributed by atoms with Crippen molar-refractivity contribution in [2.24, 2.45) is 0 Å². The van der Waals surface area contributed by atoms with Crippen molar-refractivity contribution in [1.82, 2.24) is 0 Å². The number of carbonyl (C=O) groups is 1. The van der Waals surface area contributed by atoms with E-state index < -0.39 is 11.6 Å². The number of hydrogen-bond acceptors (Lipinski definition) is 3. The Morgan fingerprint density at radius 3 is 1.63 bits per heavy atom. The molecule has 0 bridgehead atoms.